The summed E-state index contributed by atoms with van der Waals surface area (Å²) < 4.78 is 5.94. The van der Waals surface area contributed by atoms with Crippen LogP contribution < -0.4 is 10.6 Å². The molecule has 0 spiro atoms. The molecule has 34 heavy (non-hydrogen) atoms. The summed E-state index contributed by atoms with van der Waals surface area (Å²) in [5.74, 6) is 0.371. The quantitative estimate of drug-likeness (QED) is 0.199. The van der Waals surface area contributed by atoms with Crippen molar-refractivity contribution in [1.29, 1.82) is 0 Å². The highest BCUT2D eigenvalue weighted by molar-refractivity contribution is 7.80. The van der Waals surface area contributed by atoms with Gasteiger partial charge in [-0.05, 0) is 66.5 Å². The van der Waals surface area contributed by atoms with Crippen molar-refractivity contribution >= 4 is 45.7 Å². The number of non-ortho nitro benzene ring substituents is 1. The van der Waals surface area contributed by atoms with Crippen LogP contribution in [-0.4, -0.2) is 20.9 Å². The van der Waals surface area contributed by atoms with Gasteiger partial charge in [0.05, 0.1) is 4.92 Å². The number of hydrogen-bond acceptors (Lipinski definition) is 6. The lowest BCUT2D eigenvalue weighted by Gasteiger charge is -2.10. The molecule has 0 aliphatic heterocycles. The van der Waals surface area contributed by atoms with E-state index >= 15 is 0 Å². The van der Waals surface area contributed by atoms with Gasteiger partial charge in [0.15, 0.2) is 10.7 Å². The minimum absolute atomic E-state index is 0.0596. The molecule has 3 aromatic carbocycles. The predicted molar refractivity (Wildman–Crippen MR) is 135 cm³/mol. The zero-order valence-corrected chi connectivity index (χ0v) is 19.4. The van der Waals surface area contributed by atoms with Gasteiger partial charge in [-0.15, -0.1) is 0 Å². The van der Waals surface area contributed by atoms with E-state index in [1.165, 1.54) is 29.8 Å². The first-order valence-corrected chi connectivity index (χ1v) is 11.1. The van der Waals surface area contributed by atoms with E-state index in [0.717, 1.165) is 17.5 Å². The summed E-state index contributed by atoms with van der Waals surface area (Å²) in [7, 11) is 0. The highest BCUT2D eigenvalue weighted by Crippen LogP contribution is 2.29. The second-order valence-corrected chi connectivity index (χ2v) is 8.26. The fraction of sp³-hybridized carbons (Fsp3) is 0.160. The molecule has 0 radical (unpaired) electrons. The number of fused-ring (bicyclic) bond motifs is 1. The van der Waals surface area contributed by atoms with Gasteiger partial charge in [0, 0.05) is 28.9 Å². The Morgan fingerprint density at radius 3 is 2.71 bits per heavy atom. The molecule has 1 atom stereocenters. The Hall–Kier alpha value is -4.11. The minimum atomic E-state index is -0.559. The van der Waals surface area contributed by atoms with Crippen LogP contribution in [0.4, 0.5) is 11.4 Å². The highest BCUT2D eigenvalue weighted by Gasteiger charge is 2.14. The molecule has 172 valence electrons. The molecule has 1 aromatic heterocycles. The monoisotopic (exact) mass is 474 g/mol. The van der Waals surface area contributed by atoms with Crippen molar-refractivity contribution in [2.24, 2.45) is 0 Å². The SMILES string of the molecule is CC[C@H](C)c1ccc2oc(-c3cccc(NC(=S)NC(=O)c4cccc([N+](=O)[O-])c4)c3)nc2c1. The van der Waals surface area contributed by atoms with Crippen molar-refractivity contribution in [2.75, 3.05) is 5.32 Å². The molecule has 0 fully saturated rings. The molecule has 0 unspecified atom stereocenters. The van der Waals surface area contributed by atoms with Crippen molar-refractivity contribution in [1.82, 2.24) is 10.3 Å². The average Bonchev–Trinajstić information content (AvgIpc) is 3.27. The third-order valence-corrected chi connectivity index (χ3v) is 5.71. The summed E-state index contributed by atoms with van der Waals surface area (Å²) in [6, 6.07) is 18.8. The number of anilines is 1. The van der Waals surface area contributed by atoms with E-state index in [9.17, 15) is 14.9 Å². The van der Waals surface area contributed by atoms with Crippen LogP contribution >= 0.6 is 12.2 Å². The summed E-state index contributed by atoms with van der Waals surface area (Å²) in [6.45, 7) is 4.33. The first kappa shape index (κ1) is 23.1. The largest absolute Gasteiger partial charge is 0.436 e. The van der Waals surface area contributed by atoms with Gasteiger partial charge in [-0.3, -0.25) is 20.2 Å². The number of nitro groups is 1. The summed E-state index contributed by atoms with van der Waals surface area (Å²) >= 11 is 5.24. The summed E-state index contributed by atoms with van der Waals surface area (Å²) in [5, 5.41) is 16.5. The van der Waals surface area contributed by atoms with Gasteiger partial charge >= 0.3 is 0 Å². The van der Waals surface area contributed by atoms with Gasteiger partial charge in [0.2, 0.25) is 5.89 Å². The van der Waals surface area contributed by atoms with Gasteiger partial charge in [0.1, 0.15) is 5.52 Å². The van der Waals surface area contributed by atoms with Crippen molar-refractivity contribution in [3.8, 4) is 11.5 Å². The molecule has 4 aromatic rings. The van der Waals surface area contributed by atoms with Gasteiger partial charge < -0.3 is 9.73 Å². The van der Waals surface area contributed by atoms with Crippen LogP contribution in [0.25, 0.3) is 22.6 Å². The lowest BCUT2D eigenvalue weighted by Crippen LogP contribution is -2.34. The van der Waals surface area contributed by atoms with Crippen molar-refractivity contribution in [3.63, 3.8) is 0 Å². The van der Waals surface area contributed by atoms with Crippen molar-refractivity contribution < 1.29 is 14.1 Å². The van der Waals surface area contributed by atoms with Gasteiger partial charge in [-0.2, -0.15) is 0 Å². The number of carbonyl (C=O) groups is 1. The Bertz CT molecular complexity index is 1400. The number of hydrogen-bond donors (Lipinski definition) is 2. The standard InChI is InChI=1S/C25H22N4O4S/c1-3-15(2)16-10-11-22-21(14-16)27-24(33-22)18-7-4-8-19(12-18)26-25(34)28-23(30)17-6-5-9-20(13-17)29(31)32/h4-15H,3H2,1-2H3,(H2,26,28,30,34)/t15-/m0/s1. The number of nitrogens with zero attached hydrogens (tertiary/aromatic N) is 2. The van der Waals surface area contributed by atoms with Crippen LogP contribution in [-0.2, 0) is 0 Å². The van der Waals surface area contributed by atoms with Gasteiger partial charge in [-0.25, -0.2) is 4.98 Å². The number of rotatable bonds is 6. The Morgan fingerprint density at radius 1 is 1.15 bits per heavy atom. The molecule has 4 rings (SSSR count). The van der Waals surface area contributed by atoms with Crippen LogP contribution in [0.3, 0.4) is 0 Å². The van der Waals surface area contributed by atoms with E-state index in [0.29, 0.717) is 23.1 Å². The van der Waals surface area contributed by atoms with Crippen molar-refractivity contribution in [2.45, 2.75) is 26.2 Å². The molecule has 0 saturated heterocycles. The number of amides is 1. The number of thiocarbonyl (C=S) groups is 1. The number of aromatic nitrogens is 1. The third-order valence-electron chi connectivity index (χ3n) is 5.51. The van der Waals surface area contributed by atoms with E-state index in [4.69, 9.17) is 16.6 Å². The molecule has 1 amide bonds. The first-order chi connectivity index (χ1) is 16.3. The Balaban J connectivity index is 1.48. The summed E-state index contributed by atoms with van der Waals surface area (Å²) in [5.41, 5.74) is 4.06. The molecule has 9 heteroatoms. The Morgan fingerprint density at radius 2 is 1.94 bits per heavy atom. The van der Waals surface area contributed by atoms with E-state index in [2.05, 4.69) is 41.6 Å². The molecule has 8 nitrogen and oxygen atoms in total. The smallest absolute Gasteiger partial charge is 0.270 e. The maximum absolute atomic E-state index is 12.4. The molecule has 0 aliphatic rings. The Labute approximate surface area is 201 Å². The number of carbonyl (C=O) groups excluding carboxylic acids is 1. The molecule has 2 N–H and O–H groups in total. The van der Waals surface area contributed by atoms with Crippen LogP contribution in [0.5, 0.6) is 0 Å². The molecular weight excluding hydrogens is 452 g/mol. The van der Waals surface area contributed by atoms with E-state index in [1.807, 2.05) is 24.3 Å². The fourth-order valence-corrected chi connectivity index (χ4v) is 3.65. The molecule has 0 bridgehead atoms. The zero-order valence-electron chi connectivity index (χ0n) is 18.6. The second-order valence-electron chi connectivity index (χ2n) is 7.85. The van der Waals surface area contributed by atoms with E-state index in [1.54, 1.807) is 6.07 Å². The number of nitrogens with one attached hydrogen (secondary N) is 2. The van der Waals surface area contributed by atoms with Crippen LogP contribution in [0.15, 0.2) is 71.1 Å². The topological polar surface area (TPSA) is 110 Å². The van der Waals surface area contributed by atoms with Gasteiger partial charge in [-0.1, -0.05) is 32.0 Å². The van der Waals surface area contributed by atoms with Crippen LogP contribution in [0.2, 0.25) is 0 Å². The maximum Gasteiger partial charge on any atom is 0.270 e. The van der Waals surface area contributed by atoms with Crippen molar-refractivity contribution in [3.05, 3.63) is 88.0 Å². The molecule has 0 saturated carbocycles. The fourth-order valence-electron chi connectivity index (χ4n) is 3.44. The highest BCUT2D eigenvalue weighted by atomic mass is 32.1. The normalized spacial score (nSPS) is 11.7. The average molecular weight is 475 g/mol. The number of oxazole rings is 1. The molecule has 0 aliphatic carbocycles. The predicted octanol–water partition coefficient (Wildman–Crippen LogP) is 6.04. The molecule has 1 heterocycles. The third kappa shape index (κ3) is 5.10. The second kappa shape index (κ2) is 9.80. The number of benzene rings is 3. The zero-order chi connectivity index (χ0) is 24.2. The summed E-state index contributed by atoms with van der Waals surface area (Å²) in [6.07, 6.45) is 1.04. The van der Waals surface area contributed by atoms with E-state index in [-0.39, 0.29) is 16.4 Å². The minimum Gasteiger partial charge on any atom is -0.436 e. The first-order valence-electron chi connectivity index (χ1n) is 10.7. The lowest BCUT2D eigenvalue weighted by molar-refractivity contribution is -0.384. The summed E-state index contributed by atoms with van der Waals surface area (Å²) in [4.78, 5) is 27.4. The number of nitro benzene ring substituents is 1. The maximum atomic E-state index is 12.4. The van der Waals surface area contributed by atoms with Crippen LogP contribution in [0, 0.1) is 10.1 Å². The Kier molecular flexibility index (Phi) is 6.65. The lowest BCUT2D eigenvalue weighted by atomic mass is 9.98. The molecular formula is C25H22N4O4S. The van der Waals surface area contributed by atoms with E-state index < -0.39 is 10.8 Å². The van der Waals surface area contributed by atoms with Crippen LogP contribution in [0.1, 0.15) is 42.1 Å². The van der Waals surface area contributed by atoms with Gasteiger partial charge in [0.25, 0.3) is 11.6 Å².